The Bertz CT molecular complexity index is 818. The highest BCUT2D eigenvalue weighted by Crippen LogP contribution is 2.32. The van der Waals surface area contributed by atoms with Crippen LogP contribution in [0.4, 0.5) is 11.4 Å². The average Bonchev–Trinajstić information content (AvgIpc) is 2.96. The van der Waals surface area contributed by atoms with Crippen molar-refractivity contribution in [2.75, 3.05) is 56.0 Å². The van der Waals surface area contributed by atoms with Crippen LogP contribution in [0.3, 0.4) is 0 Å². The molecule has 4 rings (SSSR count). The van der Waals surface area contributed by atoms with E-state index < -0.39 is 10.8 Å². The van der Waals surface area contributed by atoms with Crippen molar-refractivity contribution in [1.82, 2.24) is 4.90 Å². The summed E-state index contributed by atoms with van der Waals surface area (Å²) >= 11 is 0. The average molecular weight is 372 g/mol. The number of ether oxygens (including phenoxy) is 1. The van der Waals surface area contributed by atoms with Gasteiger partial charge in [0.2, 0.25) is 0 Å². The van der Waals surface area contributed by atoms with Gasteiger partial charge in [0.1, 0.15) is 5.75 Å². The zero-order valence-electron chi connectivity index (χ0n) is 15.4. The smallest absolute Gasteiger partial charge is 0.142 e. The Morgan fingerprint density at radius 2 is 1.81 bits per heavy atom. The molecule has 0 spiro atoms. The molecule has 2 aromatic carbocycles. The van der Waals surface area contributed by atoms with E-state index in [2.05, 4.69) is 45.0 Å². The molecule has 2 heterocycles. The summed E-state index contributed by atoms with van der Waals surface area (Å²) in [4.78, 5) is 7.91. The first kappa shape index (κ1) is 17.4. The van der Waals surface area contributed by atoms with E-state index in [-0.39, 0.29) is 0 Å². The van der Waals surface area contributed by atoms with E-state index in [1.54, 1.807) is 7.11 Å². The Balaban J connectivity index is 1.40. The Hall–Kier alpha value is -2.05. The molecule has 1 fully saturated rings. The molecule has 0 aromatic heterocycles. The van der Waals surface area contributed by atoms with Gasteiger partial charge in [0, 0.05) is 39.8 Å². The number of para-hydroxylation sites is 2. The molecule has 0 amide bonds. The third kappa shape index (κ3) is 3.31. The van der Waals surface area contributed by atoms with Crippen LogP contribution in [0.1, 0.15) is 5.56 Å². The molecule has 1 unspecified atom stereocenters. The van der Waals surface area contributed by atoms with Gasteiger partial charge in [-0.25, -0.2) is 0 Å². The summed E-state index contributed by atoms with van der Waals surface area (Å²) in [5.74, 6) is 1.54. The number of hydrogen-bond acceptors (Lipinski definition) is 5. The first-order chi connectivity index (χ1) is 12.7. The van der Waals surface area contributed by atoms with Crippen LogP contribution in [0.5, 0.6) is 5.75 Å². The fourth-order valence-electron chi connectivity index (χ4n) is 3.77. The topological polar surface area (TPSA) is 36.0 Å². The Labute approximate surface area is 157 Å². The first-order valence-electron chi connectivity index (χ1n) is 8.98. The van der Waals surface area contributed by atoms with Crippen LogP contribution in [0.25, 0.3) is 0 Å². The van der Waals surface area contributed by atoms with Gasteiger partial charge in [-0.05, 0) is 29.8 Å². The molecule has 5 nitrogen and oxygen atoms in total. The van der Waals surface area contributed by atoms with E-state index in [0.717, 1.165) is 49.1 Å². The van der Waals surface area contributed by atoms with E-state index in [4.69, 9.17) is 4.74 Å². The fraction of sp³-hybridized carbons (Fsp3) is 0.400. The van der Waals surface area contributed by atoms with Crippen molar-refractivity contribution in [1.29, 1.82) is 0 Å². The predicted molar refractivity (Wildman–Crippen MR) is 107 cm³/mol. The molecule has 0 radical (unpaired) electrons. The van der Waals surface area contributed by atoms with Crippen molar-refractivity contribution in [2.45, 2.75) is 11.4 Å². The lowest BCUT2D eigenvalue weighted by Crippen LogP contribution is -2.46. The number of piperazine rings is 1. The maximum atomic E-state index is 12.2. The highest BCUT2D eigenvalue weighted by atomic mass is 32.2. The van der Waals surface area contributed by atoms with Gasteiger partial charge in [0.15, 0.2) is 0 Å². The molecule has 0 N–H and O–H groups in total. The quantitative estimate of drug-likeness (QED) is 0.825. The summed E-state index contributed by atoms with van der Waals surface area (Å²) in [6, 6.07) is 14.6. The second-order valence-electron chi connectivity index (χ2n) is 6.91. The Kier molecular flexibility index (Phi) is 4.87. The molecular formula is C20H25N3O2S. The number of rotatable bonds is 4. The van der Waals surface area contributed by atoms with Crippen molar-refractivity contribution >= 4 is 22.2 Å². The summed E-state index contributed by atoms with van der Waals surface area (Å²) in [5, 5.41) is 0. The van der Waals surface area contributed by atoms with E-state index >= 15 is 0 Å². The standard InChI is InChI=1S/C20H25N3O2S/c1-21-15-26(24)20-13-16(7-8-18(20)21)14-22-9-11-23(12-10-22)17-5-3-4-6-19(17)25-2/h3-8,13H,9-12,14-15H2,1-2H3. The molecule has 0 aliphatic carbocycles. The lowest BCUT2D eigenvalue weighted by molar-refractivity contribution is 0.249. The molecule has 2 aliphatic heterocycles. The molecular weight excluding hydrogens is 346 g/mol. The van der Waals surface area contributed by atoms with Crippen LogP contribution in [0, 0.1) is 0 Å². The Morgan fingerprint density at radius 3 is 2.58 bits per heavy atom. The zero-order chi connectivity index (χ0) is 18.1. The second kappa shape index (κ2) is 7.29. The van der Waals surface area contributed by atoms with Gasteiger partial charge in [0.05, 0.1) is 40.1 Å². The lowest BCUT2D eigenvalue weighted by atomic mass is 10.1. The number of nitrogens with zero attached hydrogens (tertiary/aromatic N) is 3. The number of hydrogen-bond donors (Lipinski definition) is 0. The zero-order valence-corrected chi connectivity index (χ0v) is 16.2. The normalized spacial score (nSPS) is 20.3. The minimum atomic E-state index is -0.894. The molecule has 1 saturated heterocycles. The minimum absolute atomic E-state index is 0.608. The van der Waals surface area contributed by atoms with Crippen LogP contribution in [0.15, 0.2) is 47.4 Å². The molecule has 2 aliphatic rings. The van der Waals surface area contributed by atoms with Crippen LogP contribution in [-0.4, -0.2) is 55.3 Å². The molecule has 138 valence electrons. The molecule has 2 aromatic rings. The predicted octanol–water partition coefficient (Wildman–Crippen LogP) is 2.53. The number of methoxy groups -OCH3 is 1. The lowest BCUT2D eigenvalue weighted by Gasteiger charge is -2.36. The largest absolute Gasteiger partial charge is 0.495 e. The molecule has 1 atom stereocenters. The summed E-state index contributed by atoms with van der Waals surface area (Å²) in [6.45, 7) is 4.91. The maximum Gasteiger partial charge on any atom is 0.142 e. The van der Waals surface area contributed by atoms with Gasteiger partial charge < -0.3 is 14.5 Å². The van der Waals surface area contributed by atoms with Gasteiger partial charge in [-0.1, -0.05) is 18.2 Å². The van der Waals surface area contributed by atoms with Crippen molar-refractivity contribution < 1.29 is 8.95 Å². The summed E-state index contributed by atoms with van der Waals surface area (Å²) < 4.78 is 17.7. The molecule has 0 bridgehead atoms. The minimum Gasteiger partial charge on any atom is -0.495 e. The summed E-state index contributed by atoms with van der Waals surface area (Å²) in [6.07, 6.45) is 0. The van der Waals surface area contributed by atoms with E-state index in [9.17, 15) is 4.21 Å². The van der Waals surface area contributed by atoms with Gasteiger partial charge >= 0.3 is 0 Å². The number of benzene rings is 2. The molecule has 6 heteroatoms. The SMILES string of the molecule is COc1ccccc1N1CCN(Cc2ccc3c(c2)S(=O)CN3C)CC1. The second-order valence-corrected chi connectivity index (χ2v) is 8.30. The summed E-state index contributed by atoms with van der Waals surface area (Å²) in [7, 11) is 2.83. The monoisotopic (exact) mass is 371 g/mol. The maximum absolute atomic E-state index is 12.2. The number of fused-ring (bicyclic) bond motifs is 1. The van der Waals surface area contributed by atoms with Crippen molar-refractivity contribution in [3.05, 3.63) is 48.0 Å². The van der Waals surface area contributed by atoms with Crippen LogP contribution in [0.2, 0.25) is 0 Å². The summed E-state index contributed by atoms with van der Waals surface area (Å²) in [5.41, 5.74) is 3.52. The first-order valence-corrected chi connectivity index (χ1v) is 10.3. The van der Waals surface area contributed by atoms with Crippen LogP contribution in [-0.2, 0) is 17.3 Å². The van der Waals surface area contributed by atoms with E-state index in [1.807, 2.05) is 19.2 Å². The van der Waals surface area contributed by atoms with Crippen molar-refractivity contribution in [2.24, 2.45) is 0 Å². The molecule has 0 saturated carbocycles. The number of anilines is 2. The van der Waals surface area contributed by atoms with Gasteiger partial charge in [-0.3, -0.25) is 9.11 Å². The molecule has 26 heavy (non-hydrogen) atoms. The van der Waals surface area contributed by atoms with Gasteiger partial charge in [0.25, 0.3) is 0 Å². The fourth-order valence-corrected chi connectivity index (χ4v) is 5.14. The van der Waals surface area contributed by atoms with Gasteiger partial charge in [-0.15, -0.1) is 0 Å². The van der Waals surface area contributed by atoms with Crippen molar-refractivity contribution in [3.8, 4) is 5.75 Å². The third-order valence-corrected chi connectivity index (χ3v) is 6.64. The van der Waals surface area contributed by atoms with Crippen molar-refractivity contribution in [3.63, 3.8) is 0 Å². The van der Waals surface area contributed by atoms with Crippen LogP contribution >= 0.6 is 0 Å². The Morgan fingerprint density at radius 1 is 1.04 bits per heavy atom. The highest BCUT2D eigenvalue weighted by Gasteiger charge is 2.24. The van der Waals surface area contributed by atoms with Gasteiger partial charge in [-0.2, -0.15) is 0 Å². The van der Waals surface area contributed by atoms with Crippen LogP contribution < -0.4 is 14.5 Å². The van der Waals surface area contributed by atoms with E-state index in [0.29, 0.717) is 5.88 Å². The van der Waals surface area contributed by atoms with E-state index in [1.165, 1.54) is 11.3 Å². The highest BCUT2D eigenvalue weighted by molar-refractivity contribution is 7.85. The third-order valence-electron chi connectivity index (χ3n) is 5.20.